The van der Waals surface area contributed by atoms with E-state index in [1.54, 1.807) is 11.8 Å². The maximum absolute atomic E-state index is 13.2. The Morgan fingerprint density at radius 1 is 1.15 bits per heavy atom. The fourth-order valence-electron chi connectivity index (χ4n) is 3.54. The second-order valence-electron chi connectivity index (χ2n) is 6.56. The van der Waals surface area contributed by atoms with Crippen LogP contribution in [0.4, 0.5) is 11.6 Å². The minimum absolute atomic E-state index is 0.0665. The van der Waals surface area contributed by atoms with Gasteiger partial charge in [0.05, 0.1) is 19.1 Å². The van der Waals surface area contributed by atoms with Gasteiger partial charge in [0.1, 0.15) is 12.1 Å². The molecular weight excluding hydrogens is 342 g/mol. The van der Waals surface area contributed by atoms with Crippen molar-refractivity contribution in [1.82, 2.24) is 14.8 Å². The molecule has 0 fully saturated rings. The maximum atomic E-state index is 13.2. The van der Waals surface area contributed by atoms with E-state index in [9.17, 15) is 4.79 Å². The van der Waals surface area contributed by atoms with Gasteiger partial charge in [0.15, 0.2) is 0 Å². The lowest BCUT2D eigenvalue weighted by molar-refractivity contribution is -0.121. The van der Waals surface area contributed by atoms with Crippen LogP contribution in [0.5, 0.6) is 5.75 Å². The van der Waals surface area contributed by atoms with Gasteiger partial charge in [0.2, 0.25) is 11.9 Å². The molecule has 7 nitrogen and oxygen atoms in total. The summed E-state index contributed by atoms with van der Waals surface area (Å²) in [4.78, 5) is 17.5. The number of nitrogens with one attached hydrogen (secondary N) is 2. The summed E-state index contributed by atoms with van der Waals surface area (Å²) in [6.07, 6.45) is 1.50. The van der Waals surface area contributed by atoms with Crippen molar-refractivity contribution in [3.8, 4) is 5.75 Å². The molecule has 7 heteroatoms. The first-order valence-electron chi connectivity index (χ1n) is 8.83. The van der Waals surface area contributed by atoms with Gasteiger partial charge in [-0.15, -0.1) is 0 Å². The quantitative estimate of drug-likeness (QED) is 0.745. The lowest BCUT2D eigenvalue weighted by atomic mass is 9.85. The minimum Gasteiger partial charge on any atom is -0.497 e. The van der Waals surface area contributed by atoms with Crippen molar-refractivity contribution in [2.24, 2.45) is 5.92 Å². The van der Waals surface area contributed by atoms with Crippen LogP contribution < -0.4 is 15.4 Å². The van der Waals surface area contributed by atoms with Crippen LogP contribution in [0.1, 0.15) is 18.5 Å². The molecular formula is C20H21N5O2. The van der Waals surface area contributed by atoms with Gasteiger partial charge in [-0.05, 0) is 36.8 Å². The van der Waals surface area contributed by atoms with Gasteiger partial charge in [0, 0.05) is 11.7 Å². The highest BCUT2D eigenvalue weighted by molar-refractivity contribution is 5.94. The lowest BCUT2D eigenvalue weighted by Gasteiger charge is -2.36. The largest absolute Gasteiger partial charge is 0.497 e. The molecule has 0 radical (unpaired) electrons. The van der Waals surface area contributed by atoms with E-state index >= 15 is 0 Å². The molecule has 0 bridgehead atoms. The number of fused-ring (bicyclic) bond motifs is 1. The molecule has 0 spiro atoms. The van der Waals surface area contributed by atoms with Gasteiger partial charge in [-0.3, -0.25) is 4.79 Å². The molecule has 2 aromatic carbocycles. The van der Waals surface area contributed by atoms with Crippen molar-refractivity contribution < 1.29 is 9.53 Å². The van der Waals surface area contributed by atoms with Crippen LogP contribution in [-0.4, -0.2) is 33.8 Å². The number of para-hydroxylation sites is 1. The number of carbonyl (C=O) groups is 1. The highest BCUT2D eigenvalue weighted by Gasteiger charge is 2.41. The third-order valence-corrected chi connectivity index (χ3v) is 4.87. The smallest absolute Gasteiger partial charge is 0.232 e. The van der Waals surface area contributed by atoms with Crippen molar-refractivity contribution >= 4 is 17.5 Å². The van der Waals surface area contributed by atoms with Gasteiger partial charge in [0.25, 0.3) is 0 Å². The summed E-state index contributed by atoms with van der Waals surface area (Å²) in [6, 6.07) is 16.8. The standard InChI is InChI=1S/C20H21N5O2/c1-13-17(19(26)24-15-6-4-3-5-7-15)18(25-20(23-13)21-12-22-25)14-8-10-16(27-2)11-9-14/h3-13,17-18H,1-2H3,(H,24,26)(H,21,22,23)/t13-,17+,18-/m1/s1. The first kappa shape index (κ1) is 17.1. The molecule has 0 aliphatic carbocycles. The summed E-state index contributed by atoms with van der Waals surface area (Å²) in [5.74, 6) is 0.993. The first-order chi connectivity index (χ1) is 13.2. The van der Waals surface area contributed by atoms with E-state index in [0.717, 1.165) is 17.0 Å². The number of anilines is 2. The fourth-order valence-corrected chi connectivity index (χ4v) is 3.54. The summed E-state index contributed by atoms with van der Waals surface area (Å²) in [6.45, 7) is 1.99. The van der Waals surface area contributed by atoms with E-state index in [4.69, 9.17) is 4.74 Å². The first-order valence-corrected chi connectivity index (χ1v) is 8.83. The molecule has 1 aliphatic rings. The number of hydrogen-bond donors (Lipinski definition) is 2. The van der Waals surface area contributed by atoms with Crippen LogP contribution in [0.3, 0.4) is 0 Å². The Hall–Kier alpha value is -3.35. The van der Waals surface area contributed by atoms with Crippen LogP contribution in [0, 0.1) is 5.92 Å². The number of aromatic nitrogens is 3. The number of rotatable bonds is 4. The van der Waals surface area contributed by atoms with E-state index in [-0.39, 0.29) is 23.9 Å². The molecule has 3 aromatic rings. The van der Waals surface area contributed by atoms with Crippen LogP contribution in [0.15, 0.2) is 60.9 Å². The predicted molar refractivity (Wildman–Crippen MR) is 103 cm³/mol. The summed E-state index contributed by atoms with van der Waals surface area (Å²) in [5.41, 5.74) is 1.75. The second-order valence-corrected chi connectivity index (χ2v) is 6.56. The third-order valence-electron chi connectivity index (χ3n) is 4.87. The van der Waals surface area contributed by atoms with Gasteiger partial charge < -0.3 is 15.4 Å². The molecule has 3 atom stereocenters. The molecule has 138 valence electrons. The Bertz CT molecular complexity index is 923. The summed E-state index contributed by atoms with van der Waals surface area (Å²) < 4.78 is 7.03. The van der Waals surface area contributed by atoms with Crippen molar-refractivity contribution in [3.05, 3.63) is 66.5 Å². The van der Waals surface area contributed by atoms with Crippen LogP contribution >= 0.6 is 0 Å². The van der Waals surface area contributed by atoms with Crippen LogP contribution in [0.25, 0.3) is 0 Å². The number of benzene rings is 2. The molecule has 2 heterocycles. The van der Waals surface area contributed by atoms with Crippen molar-refractivity contribution in [1.29, 1.82) is 0 Å². The van der Waals surface area contributed by atoms with E-state index in [1.165, 1.54) is 6.33 Å². The number of amides is 1. The monoisotopic (exact) mass is 363 g/mol. The second kappa shape index (κ2) is 7.11. The fraction of sp³-hybridized carbons (Fsp3) is 0.250. The highest BCUT2D eigenvalue weighted by Crippen LogP contribution is 2.36. The maximum Gasteiger partial charge on any atom is 0.232 e. The number of methoxy groups -OCH3 is 1. The predicted octanol–water partition coefficient (Wildman–Crippen LogP) is 2.95. The molecule has 0 saturated carbocycles. The molecule has 2 N–H and O–H groups in total. The lowest BCUT2D eigenvalue weighted by Crippen LogP contribution is -2.46. The van der Waals surface area contributed by atoms with Gasteiger partial charge >= 0.3 is 0 Å². The SMILES string of the molecule is COc1ccc([C@@H]2[C@@H](C(=O)Nc3ccccc3)[C@@H](C)Nc3ncnn32)cc1. The normalized spacial score (nSPS) is 21.0. The number of nitrogens with zero attached hydrogens (tertiary/aromatic N) is 3. The zero-order chi connectivity index (χ0) is 18.8. The van der Waals surface area contributed by atoms with E-state index < -0.39 is 0 Å². The number of carbonyl (C=O) groups excluding carboxylic acids is 1. The average Bonchev–Trinajstić information content (AvgIpc) is 3.15. The molecule has 0 unspecified atom stereocenters. The van der Waals surface area contributed by atoms with E-state index in [1.807, 2.05) is 61.5 Å². The summed E-state index contributed by atoms with van der Waals surface area (Å²) in [5, 5.41) is 10.7. The Morgan fingerprint density at radius 3 is 2.59 bits per heavy atom. The van der Waals surface area contributed by atoms with Crippen LogP contribution in [-0.2, 0) is 4.79 Å². The van der Waals surface area contributed by atoms with Crippen molar-refractivity contribution in [2.75, 3.05) is 17.7 Å². The van der Waals surface area contributed by atoms with Gasteiger partial charge in [-0.2, -0.15) is 10.1 Å². The number of hydrogen-bond acceptors (Lipinski definition) is 5. The topological polar surface area (TPSA) is 81.1 Å². The summed E-state index contributed by atoms with van der Waals surface area (Å²) >= 11 is 0. The zero-order valence-electron chi connectivity index (χ0n) is 15.2. The molecule has 27 heavy (non-hydrogen) atoms. The van der Waals surface area contributed by atoms with Gasteiger partial charge in [-0.1, -0.05) is 30.3 Å². The molecule has 0 saturated heterocycles. The number of ether oxygens (including phenoxy) is 1. The molecule has 4 rings (SSSR count). The van der Waals surface area contributed by atoms with Crippen molar-refractivity contribution in [2.45, 2.75) is 19.0 Å². The van der Waals surface area contributed by atoms with Crippen LogP contribution in [0.2, 0.25) is 0 Å². The molecule has 1 aliphatic heterocycles. The third kappa shape index (κ3) is 3.23. The zero-order valence-corrected chi connectivity index (χ0v) is 15.2. The molecule has 1 aromatic heterocycles. The van der Waals surface area contributed by atoms with Crippen molar-refractivity contribution in [3.63, 3.8) is 0 Å². The average molecular weight is 363 g/mol. The summed E-state index contributed by atoms with van der Waals surface area (Å²) in [7, 11) is 1.63. The van der Waals surface area contributed by atoms with E-state index in [2.05, 4.69) is 20.7 Å². The Labute approximate surface area is 157 Å². The highest BCUT2D eigenvalue weighted by atomic mass is 16.5. The molecule has 1 amide bonds. The van der Waals surface area contributed by atoms with E-state index in [0.29, 0.717) is 5.95 Å². The van der Waals surface area contributed by atoms with Gasteiger partial charge in [-0.25, -0.2) is 4.68 Å². The Kier molecular flexibility index (Phi) is 4.50. The Balaban J connectivity index is 1.71. The minimum atomic E-state index is -0.368. The Morgan fingerprint density at radius 2 is 1.89 bits per heavy atom.